The number of hydrogen-bond acceptors (Lipinski definition) is 5. The van der Waals surface area contributed by atoms with Crippen LogP contribution in [0, 0.1) is 0 Å². The van der Waals surface area contributed by atoms with Crippen LogP contribution in [-0.4, -0.2) is 73.4 Å². The normalized spacial score (nSPS) is 15.2. The summed E-state index contributed by atoms with van der Waals surface area (Å²) in [6, 6.07) is -0.883. The number of quaternary nitrogens is 1. The SMILES string of the molecule is CC/C=C\C/C=C\C/C=C\C/C=C\C/C=C\C/C=C\C/C=C\CCCC(=O)NC(COP(=O)(O)OCC[N+](C)(C)C)C(O)/C=C/CCCCCCCCCCCCCC. The van der Waals surface area contributed by atoms with E-state index in [1.165, 1.54) is 64.2 Å². The quantitative estimate of drug-likeness (QED) is 0.0246. The maximum absolute atomic E-state index is 12.9. The lowest BCUT2D eigenvalue weighted by Gasteiger charge is -2.25. The lowest BCUT2D eigenvalue weighted by Crippen LogP contribution is -2.45. The Morgan fingerprint density at radius 2 is 1.02 bits per heavy atom. The number of likely N-dealkylation sites (N-methyl/N-ethyl adjacent to an activating group) is 1. The van der Waals surface area contributed by atoms with Crippen LogP contribution in [0.5, 0.6) is 0 Å². The first kappa shape index (κ1) is 56.4. The van der Waals surface area contributed by atoms with Gasteiger partial charge in [-0.3, -0.25) is 13.8 Å². The molecule has 59 heavy (non-hydrogen) atoms. The Balaban J connectivity index is 4.52. The third-order valence-electron chi connectivity index (χ3n) is 9.56. The number of allylic oxidation sites excluding steroid dienone is 15. The van der Waals surface area contributed by atoms with Gasteiger partial charge in [-0.15, -0.1) is 0 Å². The molecule has 0 aliphatic heterocycles. The van der Waals surface area contributed by atoms with Gasteiger partial charge in [-0.05, 0) is 70.6 Å². The first-order valence-electron chi connectivity index (χ1n) is 23.1. The zero-order chi connectivity index (χ0) is 43.6. The number of phosphoric acid groups is 1. The van der Waals surface area contributed by atoms with Crippen LogP contribution in [0.25, 0.3) is 0 Å². The van der Waals surface area contributed by atoms with Gasteiger partial charge in [-0.1, -0.05) is 182 Å². The Labute approximate surface area is 362 Å². The van der Waals surface area contributed by atoms with Crippen molar-refractivity contribution in [2.45, 2.75) is 174 Å². The number of nitrogens with zero attached hydrogens (tertiary/aromatic N) is 1. The zero-order valence-electron chi connectivity index (χ0n) is 38.2. The van der Waals surface area contributed by atoms with E-state index in [2.05, 4.69) is 104 Å². The van der Waals surface area contributed by atoms with Crippen LogP contribution in [0.2, 0.25) is 0 Å². The van der Waals surface area contributed by atoms with E-state index in [1.54, 1.807) is 6.08 Å². The van der Waals surface area contributed by atoms with Gasteiger partial charge in [0.2, 0.25) is 5.91 Å². The van der Waals surface area contributed by atoms with Crippen molar-refractivity contribution in [1.29, 1.82) is 0 Å². The Hall–Kier alpha value is -2.58. The van der Waals surface area contributed by atoms with Gasteiger partial charge in [0.25, 0.3) is 0 Å². The van der Waals surface area contributed by atoms with Crippen LogP contribution in [0.15, 0.2) is 97.2 Å². The van der Waals surface area contributed by atoms with E-state index in [-0.39, 0.29) is 25.5 Å². The number of carbonyl (C=O) groups excluding carboxylic acids is 1. The van der Waals surface area contributed by atoms with Crippen molar-refractivity contribution >= 4 is 13.7 Å². The number of phosphoric ester groups is 1. The maximum atomic E-state index is 12.9. The molecule has 3 unspecified atom stereocenters. The second kappa shape index (κ2) is 40.8. The van der Waals surface area contributed by atoms with Gasteiger partial charge in [0.15, 0.2) is 0 Å². The number of nitrogens with one attached hydrogen (secondary N) is 1. The zero-order valence-corrected chi connectivity index (χ0v) is 39.1. The summed E-state index contributed by atoms with van der Waals surface area (Å²) in [6.45, 7) is 4.63. The summed E-state index contributed by atoms with van der Waals surface area (Å²) in [4.78, 5) is 23.1. The van der Waals surface area contributed by atoms with Crippen molar-refractivity contribution < 1.29 is 32.9 Å². The predicted octanol–water partition coefficient (Wildman–Crippen LogP) is 13.1. The molecule has 3 atom stereocenters. The summed E-state index contributed by atoms with van der Waals surface area (Å²) in [7, 11) is 1.52. The number of rotatable bonds is 40. The second-order valence-corrected chi connectivity index (χ2v) is 17.9. The molecule has 0 bridgehead atoms. The lowest BCUT2D eigenvalue weighted by atomic mass is 10.0. The molecule has 9 heteroatoms. The molecule has 0 aromatic rings. The van der Waals surface area contributed by atoms with Gasteiger partial charge in [0.1, 0.15) is 13.2 Å². The molecule has 0 aliphatic carbocycles. The number of carbonyl (C=O) groups is 1. The second-order valence-electron chi connectivity index (χ2n) is 16.4. The van der Waals surface area contributed by atoms with Crippen molar-refractivity contribution in [3.63, 3.8) is 0 Å². The topological polar surface area (TPSA) is 105 Å². The summed E-state index contributed by atoms with van der Waals surface area (Å²) in [5.74, 6) is -0.240. The Morgan fingerprint density at radius 3 is 1.47 bits per heavy atom. The molecule has 0 spiro atoms. The molecule has 8 nitrogen and oxygen atoms in total. The minimum absolute atomic E-state index is 0.0451. The van der Waals surface area contributed by atoms with Crippen molar-refractivity contribution in [2.75, 3.05) is 40.9 Å². The molecule has 0 saturated carbocycles. The maximum Gasteiger partial charge on any atom is 0.472 e. The van der Waals surface area contributed by atoms with Gasteiger partial charge in [0.05, 0.1) is 39.9 Å². The Bertz CT molecular complexity index is 1280. The Morgan fingerprint density at radius 1 is 0.593 bits per heavy atom. The molecular formula is C50H88N2O6P+. The molecule has 338 valence electrons. The number of unbranched alkanes of at least 4 members (excludes halogenated alkanes) is 13. The van der Waals surface area contributed by atoms with Crippen LogP contribution in [0.1, 0.15) is 162 Å². The first-order valence-corrected chi connectivity index (χ1v) is 24.6. The molecule has 0 saturated heterocycles. The van der Waals surface area contributed by atoms with Crippen molar-refractivity contribution in [3.8, 4) is 0 Å². The van der Waals surface area contributed by atoms with Crippen molar-refractivity contribution in [2.24, 2.45) is 0 Å². The van der Waals surface area contributed by atoms with E-state index in [4.69, 9.17) is 9.05 Å². The van der Waals surface area contributed by atoms with Gasteiger partial charge >= 0.3 is 7.82 Å². The van der Waals surface area contributed by atoms with Gasteiger partial charge < -0.3 is 19.8 Å². The van der Waals surface area contributed by atoms with Crippen LogP contribution in [0.3, 0.4) is 0 Å². The fraction of sp³-hybridized carbons (Fsp3) is 0.660. The van der Waals surface area contributed by atoms with E-state index < -0.39 is 20.0 Å². The highest BCUT2D eigenvalue weighted by molar-refractivity contribution is 7.47. The van der Waals surface area contributed by atoms with Crippen molar-refractivity contribution in [1.82, 2.24) is 5.32 Å². The first-order chi connectivity index (χ1) is 28.5. The standard InChI is InChI=1S/C50H87N2O6P/c1-6-8-10-12-14-16-18-20-22-23-24-25-26-27-28-29-30-32-34-36-38-40-42-44-50(54)51-48(47-58-59(55,56)57-46-45-52(3,4)5)49(53)43-41-39-37-35-33-31-21-19-17-15-13-11-9-7-2/h8,10,14,16,20,22,24-25,27-28,30,32,36,38,41,43,48-49,53H,6-7,9,11-13,15,17-19,21,23,26,29,31,33-35,37,39-40,42,44-47H2,1-5H3,(H-,51,54,55,56)/p+1/b10-8-,16-14-,22-20-,25-24-,28-27-,32-30-,38-36-,43-41+. The molecule has 0 rings (SSSR count). The number of aliphatic hydroxyl groups is 1. The molecule has 0 aliphatic rings. The van der Waals surface area contributed by atoms with E-state index in [9.17, 15) is 19.4 Å². The summed E-state index contributed by atoms with van der Waals surface area (Å²) in [5.41, 5.74) is 0. The highest BCUT2D eigenvalue weighted by Crippen LogP contribution is 2.43. The number of hydrogen-bond donors (Lipinski definition) is 3. The largest absolute Gasteiger partial charge is 0.472 e. The molecule has 0 aromatic carbocycles. The number of amides is 1. The van der Waals surface area contributed by atoms with E-state index in [0.29, 0.717) is 17.4 Å². The smallest absolute Gasteiger partial charge is 0.387 e. The predicted molar refractivity (Wildman–Crippen MR) is 253 cm³/mol. The van der Waals surface area contributed by atoms with Gasteiger partial charge in [0, 0.05) is 6.42 Å². The Kier molecular flexibility index (Phi) is 39.0. The third-order valence-corrected chi connectivity index (χ3v) is 10.5. The molecule has 3 N–H and O–H groups in total. The fourth-order valence-electron chi connectivity index (χ4n) is 5.91. The average molecular weight is 844 g/mol. The highest BCUT2D eigenvalue weighted by atomic mass is 31.2. The van der Waals surface area contributed by atoms with Crippen LogP contribution >= 0.6 is 7.82 Å². The average Bonchev–Trinajstić information content (AvgIpc) is 3.19. The van der Waals surface area contributed by atoms with Crippen LogP contribution in [0.4, 0.5) is 0 Å². The molecule has 0 fully saturated rings. The lowest BCUT2D eigenvalue weighted by molar-refractivity contribution is -0.870. The van der Waals surface area contributed by atoms with Crippen LogP contribution in [-0.2, 0) is 18.4 Å². The van der Waals surface area contributed by atoms with E-state index in [0.717, 1.165) is 70.6 Å². The van der Waals surface area contributed by atoms with Gasteiger partial charge in [-0.2, -0.15) is 0 Å². The summed E-state index contributed by atoms with van der Waals surface area (Å²) in [6.07, 6.45) is 57.7. The summed E-state index contributed by atoms with van der Waals surface area (Å²) in [5, 5.41) is 13.8. The fourth-order valence-corrected chi connectivity index (χ4v) is 6.65. The molecule has 0 heterocycles. The van der Waals surface area contributed by atoms with Crippen LogP contribution < -0.4 is 5.32 Å². The molecule has 1 amide bonds. The van der Waals surface area contributed by atoms with Crippen molar-refractivity contribution in [3.05, 3.63) is 97.2 Å². The van der Waals surface area contributed by atoms with Gasteiger partial charge in [-0.25, -0.2) is 4.57 Å². The minimum Gasteiger partial charge on any atom is -0.387 e. The summed E-state index contributed by atoms with van der Waals surface area (Å²) < 4.78 is 23.5. The number of aliphatic hydroxyl groups excluding tert-OH is 1. The highest BCUT2D eigenvalue weighted by Gasteiger charge is 2.27. The molecule has 0 aromatic heterocycles. The van der Waals surface area contributed by atoms with E-state index >= 15 is 0 Å². The monoisotopic (exact) mass is 844 g/mol. The molecule has 0 radical (unpaired) electrons. The summed E-state index contributed by atoms with van der Waals surface area (Å²) >= 11 is 0. The minimum atomic E-state index is -4.36. The third kappa shape index (κ3) is 43.3. The van der Waals surface area contributed by atoms with E-state index in [1.807, 2.05) is 27.2 Å². The molecular weight excluding hydrogens is 756 g/mol.